The summed E-state index contributed by atoms with van der Waals surface area (Å²) in [6.07, 6.45) is 1.64. The van der Waals surface area contributed by atoms with Gasteiger partial charge in [0.25, 0.3) is 0 Å². The Balaban J connectivity index is 1.56. The minimum atomic E-state index is -3.49. The van der Waals surface area contributed by atoms with E-state index in [4.69, 9.17) is 11.6 Å². The van der Waals surface area contributed by atoms with Crippen LogP contribution in [0.5, 0.6) is 0 Å². The molecule has 0 amide bonds. The molecule has 1 aliphatic heterocycles. The second-order valence-electron chi connectivity index (χ2n) is 6.84. The van der Waals surface area contributed by atoms with Crippen molar-refractivity contribution >= 4 is 32.5 Å². The summed E-state index contributed by atoms with van der Waals surface area (Å²) in [5.74, 6) is 0.372. The fourth-order valence-electron chi connectivity index (χ4n) is 3.99. The maximum absolute atomic E-state index is 12.9. The second kappa shape index (κ2) is 6.72. The number of nitrogens with zero attached hydrogens (tertiary/aromatic N) is 1. The first-order valence-corrected chi connectivity index (χ1v) is 10.6. The van der Waals surface area contributed by atoms with Crippen LogP contribution in [-0.4, -0.2) is 30.8 Å². The van der Waals surface area contributed by atoms with E-state index < -0.39 is 10.0 Å². The van der Waals surface area contributed by atoms with E-state index in [1.54, 1.807) is 22.5 Å². The van der Waals surface area contributed by atoms with Crippen LogP contribution in [-0.2, 0) is 10.0 Å². The molecule has 4 nitrogen and oxygen atoms in total. The second-order valence-corrected chi connectivity index (χ2v) is 9.22. The largest absolute Gasteiger partial charge is 0.358 e. The van der Waals surface area contributed by atoms with Crippen LogP contribution in [0.3, 0.4) is 0 Å². The standard InChI is InChI=1S/C20H21ClN2O2S/c1-14-20(18-7-2-3-8-19(18)22-14)15-9-11-23(12-10-15)26(24,25)17-6-4-5-16(21)13-17/h2-8,13,15,22H,9-12H2,1H3. The van der Waals surface area contributed by atoms with Crippen molar-refractivity contribution in [1.29, 1.82) is 0 Å². The third-order valence-corrected chi connectivity index (χ3v) is 7.37. The van der Waals surface area contributed by atoms with Gasteiger partial charge >= 0.3 is 0 Å². The van der Waals surface area contributed by atoms with Crippen molar-refractivity contribution in [1.82, 2.24) is 9.29 Å². The topological polar surface area (TPSA) is 53.2 Å². The summed E-state index contributed by atoms with van der Waals surface area (Å²) in [5, 5.41) is 1.69. The monoisotopic (exact) mass is 388 g/mol. The zero-order valence-electron chi connectivity index (χ0n) is 14.6. The molecule has 0 atom stereocenters. The van der Waals surface area contributed by atoms with E-state index in [0.717, 1.165) is 18.4 Å². The quantitative estimate of drug-likeness (QED) is 0.707. The molecule has 1 aromatic heterocycles. The Bertz CT molecular complexity index is 1050. The molecule has 1 aliphatic rings. The van der Waals surface area contributed by atoms with Gasteiger partial charge in [0.15, 0.2) is 0 Å². The normalized spacial score (nSPS) is 17.0. The molecular weight excluding hydrogens is 368 g/mol. The predicted octanol–water partition coefficient (Wildman–Crippen LogP) is 4.70. The molecule has 0 saturated carbocycles. The molecule has 3 aromatic rings. The van der Waals surface area contributed by atoms with E-state index in [9.17, 15) is 8.42 Å². The van der Waals surface area contributed by atoms with Gasteiger partial charge in [-0.2, -0.15) is 4.31 Å². The molecular formula is C20H21ClN2O2S. The van der Waals surface area contributed by atoms with Crippen molar-refractivity contribution in [2.75, 3.05) is 13.1 Å². The molecule has 1 N–H and O–H groups in total. The van der Waals surface area contributed by atoms with Gasteiger partial charge in [-0.05, 0) is 55.5 Å². The minimum Gasteiger partial charge on any atom is -0.358 e. The summed E-state index contributed by atoms with van der Waals surface area (Å²) in [5.41, 5.74) is 3.66. The number of H-pyrrole nitrogens is 1. The number of halogens is 1. The molecule has 0 unspecified atom stereocenters. The highest BCUT2D eigenvalue weighted by atomic mass is 35.5. The maximum atomic E-state index is 12.9. The first kappa shape index (κ1) is 17.6. The highest BCUT2D eigenvalue weighted by molar-refractivity contribution is 7.89. The number of nitrogens with one attached hydrogen (secondary N) is 1. The molecule has 6 heteroatoms. The molecule has 0 bridgehead atoms. The molecule has 136 valence electrons. The average molecular weight is 389 g/mol. The van der Waals surface area contributed by atoms with Crippen molar-refractivity contribution in [3.05, 3.63) is 64.8 Å². The fourth-order valence-corrected chi connectivity index (χ4v) is 5.76. The van der Waals surface area contributed by atoms with Crippen molar-refractivity contribution < 1.29 is 8.42 Å². The van der Waals surface area contributed by atoms with E-state index in [-0.39, 0.29) is 4.90 Å². The molecule has 26 heavy (non-hydrogen) atoms. The Labute approximate surface area is 158 Å². The van der Waals surface area contributed by atoms with Crippen LogP contribution < -0.4 is 0 Å². The number of fused-ring (bicyclic) bond motifs is 1. The Morgan fingerprint density at radius 2 is 1.81 bits per heavy atom. The van der Waals surface area contributed by atoms with E-state index in [0.29, 0.717) is 24.0 Å². The van der Waals surface area contributed by atoms with Crippen LogP contribution in [0.25, 0.3) is 10.9 Å². The average Bonchev–Trinajstić information content (AvgIpc) is 2.97. The predicted molar refractivity (Wildman–Crippen MR) is 105 cm³/mol. The van der Waals surface area contributed by atoms with Crippen LogP contribution in [0, 0.1) is 6.92 Å². The van der Waals surface area contributed by atoms with Crippen molar-refractivity contribution in [3.63, 3.8) is 0 Å². The van der Waals surface area contributed by atoms with Crippen LogP contribution in [0.15, 0.2) is 53.4 Å². The number of aromatic nitrogens is 1. The number of aryl methyl sites for hydroxylation is 1. The summed E-state index contributed by atoms with van der Waals surface area (Å²) in [6, 6.07) is 14.8. The van der Waals surface area contributed by atoms with Gasteiger partial charge in [0, 0.05) is 34.7 Å². The fraction of sp³-hybridized carbons (Fsp3) is 0.300. The lowest BCUT2D eigenvalue weighted by molar-refractivity contribution is 0.320. The summed E-state index contributed by atoms with van der Waals surface area (Å²) < 4.78 is 27.3. The molecule has 1 saturated heterocycles. The molecule has 0 radical (unpaired) electrons. The first-order valence-electron chi connectivity index (χ1n) is 8.80. The zero-order valence-corrected chi connectivity index (χ0v) is 16.1. The lowest BCUT2D eigenvalue weighted by atomic mass is 9.88. The number of para-hydroxylation sites is 1. The Kier molecular flexibility index (Phi) is 4.55. The number of sulfonamides is 1. The van der Waals surface area contributed by atoms with E-state index in [1.807, 2.05) is 6.07 Å². The van der Waals surface area contributed by atoms with Crippen molar-refractivity contribution in [2.24, 2.45) is 0 Å². The number of aromatic amines is 1. The van der Waals surface area contributed by atoms with Crippen molar-refractivity contribution in [2.45, 2.75) is 30.6 Å². The number of hydrogen-bond donors (Lipinski definition) is 1. The number of rotatable bonds is 3. The van der Waals surface area contributed by atoms with Gasteiger partial charge in [0.1, 0.15) is 0 Å². The summed E-state index contributed by atoms with van der Waals surface area (Å²) >= 11 is 5.97. The Hall–Kier alpha value is -1.82. The minimum absolute atomic E-state index is 0.270. The third-order valence-electron chi connectivity index (χ3n) is 5.24. The van der Waals surface area contributed by atoms with Gasteiger partial charge in [0.2, 0.25) is 10.0 Å². The van der Waals surface area contributed by atoms with E-state index in [1.165, 1.54) is 22.7 Å². The van der Waals surface area contributed by atoms with Crippen LogP contribution in [0.4, 0.5) is 0 Å². The third kappa shape index (κ3) is 3.04. The van der Waals surface area contributed by atoms with Gasteiger partial charge < -0.3 is 4.98 Å². The zero-order chi connectivity index (χ0) is 18.3. The van der Waals surface area contributed by atoms with Gasteiger partial charge in [-0.25, -0.2) is 8.42 Å². The number of piperidine rings is 1. The maximum Gasteiger partial charge on any atom is 0.243 e. The van der Waals surface area contributed by atoms with Crippen LogP contribution in [0.2, 0.25) is 5.02 Å². The van der Waals surface area contributed by atoms with E-state index in [2.05, 4.69) is 30.1 Å². The lowest BCUT2D eigenvalue weighted by Gasteiger charge is -2.31. The summed E-state index contributed by atoms with van der Waals surface area (Å²) in [7, 11) is -3.49. The number of benzene rings is 2. The smallest absolute Gasteiger partial charge is 0.243 e. The Morgan fingerprint density at radius 1 is 1.08 bits per heavy atom. The van der Waals surface area contributed by atoms with Crippen LogP contribution in [0.1, 0.15) is 30.0 Å². The van der Waals surface area contributed by atoms with Gasteiger partial charge in [-0.15, -0.1) is 0 Å². The molecule has 4 rings (SSSR count). The summed E-state index contributed by atoms with van der Waals surface area (Å²) in [6.45, 7) is 3.15. The molecule has 0 spiro atoms. The van der Waals surface area contributed by atoms with Gasteiger partial charge in [-0.1, -0.05) is 35.9 Å². The highest BCUT2D eigenvalue weighted by Gasteiger charge is 2.31. The summed E-state index contributed by atoms with van der Waals surface area (Å²) in [4.78, 5) is 3.72. The van der Waals surface area contributed by atoms with E-state index >= 15 is 0 Å². The molecule has 0 aliphatic carbocycles. The van der Waals surface area contributed by atoms with Gasteiger partial charge in [-0.3, -0.25) is 0 Å². The van der Waals surface area contributed by atoms with Crippen LogP contribution >= 0.6 is 11.6 Å². The lowest BCUT2D eigenvalue weighted by Crippen LogP contribution is -2.37. The highest BCUT2D eigenvalue weighted by Crippen LogP contribution is 2.36. The SMILES string of the molecule is Cc1[nH]c2ccccc2c1C1CCN(S(=O)(=O)c2cccc(Cl)c2)CC1. The molecule has 1 fully saturated rings. The molecule has 2 heterocycles. The Morgan fingerprint density at radius 3 is 2.54 bits per heavy atom. The first-order chi connectivity index (χ1) is 12.5. The molecule has 2 aromatic carbocycles. The number of hydrogen-bond acceptors (Lipinski definition) is 2. The van der Waals surface area contributed by atoms with Gasteiger partial charge in [0.05, 0.1) is 4.90 Å². The van der Waals surface area contributed by atoms with Crippen molar-refractivity contribution in [3.8, 4) is 0 Å².